The van der Waals surface area contributed by atoms with Crippen molar-refractivity contribution in [1.29, 1.82) is 0 Å². The summed E-state index contributed by atoms with van der Waals surface area (Å²) in [5, 5.41) is 8.84. The van der Waals surface area contributed by atoms with Gasteiger partial charge in [-0.15, -0.1) is 0 Å². The number of amidine groups is 1. The van der Waals surface area contributed by atoms with E-state index >= 15 is 4.39 Å². The fourth-order valence-electron chi connectivity index (χ4n) is 4.57. The quantitative estimate of drug-likeness (QED) is 0.484. The highest BCUT2D eigenvalue weighted by atomic mass is 32.2. The molecule has 2 amide bonds. The number of benzene rings is 1. The van der Waals surface area contributed by atoms with Crippen molar-refractivity contribution in [2.75, 3.05) is 25.1 Å². The minimum Gasteiger partial charge on any atom is -0.444 e. The van der Waals surface area contributed by atoms with Gasteiger partial charge >= 0.3 is 6.09 Å². The van der Waals surface area contributed by atoms with Crippen LogP contribution in [0.25, 0.3) is 0 Å². The van der Waals surface area contributed by atoms with E-state index in [1.54, 1.807) is 39.0 Å². The van der Waals surface area contributed by atoms with E-state index in [-0.39, 0.29) is 23.7 Å². The highest BCUT2D eigenvalue weighted by molar-refractivity contribution is 8.14. The molecule has 11 heteroatoms. The normalized spacial score (nSPS) is 25.9. The highest BCUT2D eigenvalue weighted by Crippen LogP contribution is 2.49. The zero-order valence-corrected chi connectivity index (χ0v) is 21.6. The van der Waals surface area contributed by atoms with Gasteiger partial charge in [0.2, 0.25) is 0 Å². The summed E-state index contributed by atoms with van der Waals surface area (Å²) < 4.78 is 26.6. The molecule has 2 unspecified atom stereocenters. The Labute approximate surface area is 214 Å². The Kier molecular flexibility index (Phi) is 7.33. The van der Waals surface area contributed by atoms with Crippen LogP contribution in [0.15, 0.2) is 46.7 Å². The molecule has 0 aromatic heterocycles. The van der Waals surface area contributed by atoms with Crippen LogP contribution in [0.5, 0.6) is 0 Å². The Hall–Kier alpha value is -3.05. The van der Waals surface area contributed by atoms with Crippen molar-refractivity contribution in [1.82, 2.24) is 10.6 Å². The van der Waals surface area contributed by atoms with Gasteiger partial charge in [0.25, 0.3) is 5.91 Å². The molecule has 0 saturated carbocycles. The number of anilines is 1. The topological polar surface area (TPSA) is 127 Å². The molecule has 1 aromatic carbocycles. The van der Waals surface area contributed by atoms with Crippen molar-refractivity contribution in [2.24, 2.45) is 16.6 Å². The van der Waals surface area contributed by atoms with E-state index in [0.717, 1.165) is 0 Å². The number of fused-ring (bicyclic) bond motifs is 1. The van der Waals surface area contributed by atoms with Crippen LogP contribution < -0.4 is 21.7 Å². The molecule has 36 heavy (non-hydrogen) atoms. The molecule has 1 fully saturated rings. The Bertz CT molecular complexity index is 1150. The molecule has 3 heterocycles. The number of amides is 2. The van der Waals surface area contributed by atoms with Crippen LogP contribution in [-0.4, -0.2) is 47.8 Å². The standard InChI is InChI=1S/C25H32FN5O4S/c1-14-17-9-10-34-13-25(17,31-22(36-14)30-23(33)35-24(2,3)4)18-11-16(6-7-19(18)26)29-21(32)20-8-5-15(27)12-28-20/h5-8,11,14,17,28H,9-10,12-13,27H2,1-4H3,(H,29,32)(H,30,31,33)/t14-,17?,25?/m1/s1. The lowest BCUT2D eigenvalue weighted by Crippen LogP contribution is -2.52. The van der Waals surface area contributed by atoms with Crippen molar-refractivity contribution >= 4 is 34.6 Å². The molecule has 3 aliphatic rings. The molecule has 3 atom stereocenters. The summed E-state index contributed by atoms with van der Waals surface area (Å²) in [6.45, 7) is 8.41. The maximum Gasteiger partial charge on any atom is 0.413 e. The average molecular weight is 518 g/mol. The van der Waals surface area contributed by atoms with Gasteiger partial charge in [0.1, 0.15) is 22.7 Å². The number of nitrogens with two attached hydrogens (primary N) is 1. The smallest absolute Gasteiger partial charge is 0.413 e. The number of nitrogens with zero attached hydrogens (tertiary/aromatic N) is 1. The largest absolute Gasteiger partial charge is 0.444 e. The number of thioether (sulfide) groups is 1. The van der Waals surface area contributed by atoms with Crippen molar-refractivity contribution in [3.8, 4) is 0 Å². The maximum atomic E-state index is 15.4. The minimum absolute atomic E-state index is 0.0165. The average Bonchev–Trinajstić information content (AvgIpc) is 2.79. The number of ether oxygens (including phenoxy) is 2. The minimum atomic E-state index is -1.07. The summed E-state index contributed by atoms with van der Waals surface area (Å²) in [7, 11) is 0. The van der Waals surface area contributed by atoms with Crippen LogP contribution >= 0.6 is 11.8 Å². The van der Waals surface area contributed by atoms with Crippen LogP contribution in [0.2, 0.25) is 0 Å². The number of nitrogens with one attached hydrogen (secondary N) is 3. The van der Waals surface area contributed by atoms with E-state index in [1.807, 2.05) is 6.92 Å². The van der Waals surface area contributed by atoms with Gasteiger partial charge < -0.3 is 25.8 Å². The third-order valence-electron chi connectivity index (χ3n) is 6.16. The van der Waals surface area contributed by atoms with Gasteiger partial charge in [-0.05, 0) is 57.5 Å². The Morgan fingerprint density at radius 1 is 1.31 bits per heavy atom. The lowest BCUT2D eigenvalue weighted by Gasteiger charge is -2.47. The van der Waals surface area contributed by atoms with Crippen molar-refractivity contribution < 1.29 is 23.5 Å². The molecule has 1 saturated heterocycles. The Morgan fingerprint density at radius 2 is 2.08 bits per heavy atom. The molecule has 3 aliphatic heterocycles. The van der Waals surface area contributed by atoms with Crippen LogP contribution in [0.4, 0.5) is 14.9 Å². The van der Waals surface area contributed by atoms with Gasteiger partial charge in [0, 0.05) is 34.7 Å². The Balaban J connectivity index is 1.67. The van der Waals surface area contributed by atoms with Crippen molar-refractivity contribution in [3.63, 3.8) is 0 Å². The van der Waals surface area contributed by atoms with Crippen LogP contribution in [-0.2, 0) is 19.8 Å². The summed E-state index contributed by atoms with van der Waals surface area (Å²) in [5.41, 5.74) is 5.69. The number of carbonyl (C=O) groups is 2. The van der Waals surface area contributed by atoms with Gasteiger partial charge in [-0.3, -0.25) is 10.1 Å². The molecule has 9 nitrogen and oxygen atoms in total. The monoisotopic (exact) mass is 517 g/mol. The lowest BCUT2D eigenvalue weighted by atomic mass is 9.74. The maximum absolute atomic E-state index is 15.4. The first-order valence-corrected chi connectivity index (χ1v) is 12.7. The van der Waals surface area contributed by atoms with E-state index in [4.69, 9.17) is 20.2 Å². The van der Waals surface area contributed by atoms with E-state index in [9.17, 15) is 9.59 Å². The molecule has 194 valence electrons. The predicted octanol–water partition coefficient (Wildman–Crippen LogP) is 3.34. The molecule has 1 aromatic rings. The molecule has 0 spiro atoms. The van der Waals surface area contributed by atoms with E-state index in [1.165, 1.54) is 23.9 Å². The van der Waals surface area contributed by atoms with Gasteiger partial charge in [-0.2, -0.15) is 0 Å². The number of halogens is 1. The summed E-state index contributed by atoms with van der Waals surface area (Å²) in [6.07, 6.45) is 3.31. The van der Waals surface area contributed by atoms with Gasteiger partial charge in [0.15, 0.2) is 5.17 Å². The first kappa shape index (κ1) is 26.0. The number of allylic oxidation sites excluding steroid dienone is 2. The van der Waals surface area contributed by atoms with Crippen molar-refractivity contribution in [2.45, 2.75) is 50.5 Å². The molecule has 0 bridgehead atoms. The number of aliphatic imine (C=N–C) groups is 1. The second-order valence-corrected chi connectivity index (χ2v) is 11.4. The zero-order chi connectivity index (χ0) is 26.1. The zero-order valence-electron chi connectivity index (χ0n) is 20.8. The third kappa shape index (κ3) is 5.67. The fraction of sp³-hybridized carbons (Fsp3) is 0.480. The molecule has 4 rings (SSSR count). The summed E-state index contributed by atoms with van der Waals surface area (Å²) in [4.78, 5) is 30.0. The SMILES string of the molecule is C[C@H]1SC(NC(=O)OC(C)(C)C)=NC2(c3cc(NC(=O)C4=CC=C(N)CN4)ccc3F)COCCC12. The number of rotatable bonds is 3. The number of dihydropyridines is 1. The number of hydrogen-bond acceptors (Lipinski definition) is 8. The third-order valence-corrected chi connectivity index (χ3v) is 7.28. The fourth-order valence-corrected chi connectivity index (χ4v) is 5.80. The second-order valence-electron chi connectivity index (χ2n) is 10.1. The molecule has 5 N–H and O–H groups in total. The van der Waals surface area contributed by atoms with Gasteiger partial charge in [-0.1, -0.05) is 18.7 Å². The van der Waals surface area contributed by atoms with E-state index in [2.05, 4.69) is 16.0 Å². The van der Waals surface area contributed by atoms with Crippen LogP contribution in [0, 0.1) is 11.7 Å². The summed E-state index contributed by atoms with van der Waals surface area (Å²) >= 11 is 1.42. The highest BCUT2D eigenvalue weighted by Gasteiger charge is 2.50. The first-order chi connectivity index (χ1) is 17.0. The van der Waals surface area contributed by atoms with E-state index < -0.39 is 23.1 Å². The van der Waals surface area contributed by atoms with Crippen LogP contribution in [0.3, 0.4) is 0 Å². The molecule has 0 aliphatic carbocycles. The second kappa shape index (κ2) is 10.1. The van der Waals surface area contributed by atoms with Crippen LogP contribution in [0.1, 0.15) is 39.7 Å². The van der Waals surface area contributed by atoms with Gasteiger partial charge in [-0.25, -0.2) is 14.2 Å². The molecular formula is C25H32FN5O4S. The van der Waals surface area contributed by atoms with Crippen molar-refractivity contribution in [3.05, 3.63) is 53.1 Å². The predicted molar refractivity (Wildman–Crippen MR) is 138 cm³/mol. The lowest BCUT2D eigenvalue weighted by molar-refractivity contribution is -0.113. The molecular weight excluding hydrogens is 485 g/mol. The number of alkyl carbamates (subject to hydrolysis) is 1. The van der Waals surface area contributed by atoms with E-state index in [0.29, 0.717) is 47.4 Å². The van der Waals surface area contributed by atoms with Gasteiger partial charge in [0.05, 0.1) is 13.2 Å². The summed E-state index contributed by atoms with van der Waals surface area (Å²) in [6, 6.07) is 4.42. The number of carbonyl (C=O) groups excluding carboxylic acids is 2. The Morgan fingerprint density at radius 3 is 2.78 bits per heavy atom. The molecule has 0 radical (unpaired) electrons. The number of hydrogen-bond donors (Lipinski definition) is 4. The first-order valence-electron chi connectivity index (χ1n) is 11.8. The summed E-state index contributed by atoms with van der Waals surface area (Å²) in [5.74, 6) is -0.876.